The van der Waals surface area contributed by atoms with Gasteiger partial charge >= 0.3 is 0 Å². The molecule has 0 radical (unpaired) electrons. The topological polar surface area (TPSA) is 33.6 Å². The van der Waals surface area contributed by atoms with Gasteiger partial charge in [0.05, 0.1) is 12.6 Å². The lowest BCUT2D eigenvalue weighted by atomic mass is 10.2. The first-order valence-corrected chi connectivity index (χ1v) is 6.21. The second-order valence-corrected chi connectivity index (χ2v) is 4.72. The molecular formula is C10H20N2OS. The molecule has 0 bridgehead atoms. The number of thioether (sulfide) groups is 1. The van der Waals surface area contributed by atoms with Gasteiger partial charge in [0.2, 0.25) is 0 Å². The Bertz CT molecular complexity index is 197. The lowest BCUT2D eigenvalue weighted by Gasteiger charge is -2.22. The van der Waals surface area contributed by atoms with Crippen LogP contribution >= 0.6 is 11.8 Å². The molecule has 0 spiro atoms. The number of nitrogens with zero attached hydrogens (tertiary/aromatic N) is 1. The van der Waals surface area contributed by atoms with Gasteiger partial charge in [-0.05, 0) is 19.8 Å². The van der Waals surface area contributed by atoms with Crippen LogP contribution in [0, 0.1) is 0 Å². The Morgan fingerprint density at radius 1 is 1.71 bits per heavy atom. The van der Waals surface area contributed by atoms with Crippen molar-refractivity contribution in [3.8, 4) is 0 Å². The minimum atomic E-state index is 0.349. The Morgan fingerprint density at radius 3 is 3.14 bits per heavy atom. The Kier molecular flexibility index (Phi) is 5.33. The Morgan fingerprint density at radius 2 is 2.50 bits per heavy atom. The Hall–Kier alpha value is -0.220. The van der Waals surface area contributed by atoms with Crippen LogP contribution in [-0.2, 0) is 4.74 Å². The summed E-state index contributed by atoms with van der Waals surface area (Å²) < 4.78 is 5.07. The fourth-order valence-corrected chi connectivity index (χ4v) is 2.53. The molecule has 1 heterocycles. The van der Waals surface area contributed by atoms with Crippen molar-refractivity contribution in [2.45, 2.75) is 38.8 Å². The van der Waals surface area contributed by atoms with Gasteiger partial charge in [-0.2, -0.15) is 0 Å². The molecule has 1 N–H and O–H groups in total. The number of hydrogen-bond donors (Lipinski definition) is 1. The molecule has 82 valence electrons. The summed E-state index contributed by atoms with van der Waals surface area (Å²) in [4.78, 5) is 4.64. The molecule has 14 heavy (non-hydrogen) atoms. The number of amidine groups is 1. The van der Waals surface area contributed by atoms with Crippen molar-refractivity contribution in [1.82, 2.24) is 5.32 Å². The summed E-state index contributed by atoms with van der Waals surface area (Å²) >= 11 is 1.82. The van der Waals surface area contributed by atoms with Gasteiger partial charge in [0.25, 0.3) is 0 Å². The zero-order chi connectivity index (χ0) is 10.4. The molecule has 3 nitrogen and oxygen atoms in total. The van der Waals surface area contributed by atoms with Gasteiger partial charge in [0.1, 0.15) is 0 Å². The molecule has 0 amide bonds. The molecule has 1 aliphatic heterocycles. The zero-order valence-corrected chi connectivity index (χ0v) is 10.1. The third-order valence-corrected chi connectivity index (χ3v) is 3.18. The standard InChI is InChI=1S/C10H20N2OS/c1-4-9-5-6-14-10(12-9)11-8(2)7-13-3/h8-9H,4-7H2,1-3H3,(H,11,12). The van der Waals surface area contributed by atoms with Crippen LogP contribution < -0.4 is 5.32 Å². The lowest BCUT2D eigenvalue weighted by Crippen LogP contribution is -2.36. The normalized spacial score (nSPS) is 24.2. The van der Waals surface area contributed by atoms with Gasteiger partial charge in [0.15, 0.2) is 5.17 Å². The van der Waals surface area contributed by atoms with Crippen molar-refractivity contribution >= 4 is 16.9 Å². The largest absolute Gasteiger partial charge is 0.383 e. The third-order valence-electron chi connectivity index (χ3n) is 2.25. The first-order chi connectivity index (χ1) is 6.76. The van der Waals surface area contributed by atoms with Gasteiger partial charge in [-0.3, -0.25) is 4.99 Å². The molecule has 0 fully saturated rings. The van der Waals surface area contributed by atoms with E-state index >= 15 is 0 Å². The Labute approximate surface area is 90.7 Å². The molecule has 0 aromatic carbocycles. The zero-order valence-electron chi connectivity index (χ0n) is 9.25. The first-order valence-electron chi connectivity index (χ1n) is 5.22. The van der Waals surface area contributed by atoms with Crippen LogP contribution in [0.5, 0.6) is 0 Å². The summed E-state index contributed by atoms with van der Waals surface area (Å²) in [5.74, 6) is 1.18. The minimum absolute atomic E-state index is 0.349. The van der Waals surface area contributed by atoms with Gasteiger partial charge in [0, 0.05) is 18.9 Å². The summed E-state index contributed by atoms with van der Waals surface area (Å²) in [6.45, 7) is 5.04. The van der Waals surface area contributed by atoms with E-state index in [1.165, 1.54) is 12.2 Å². The lowest BCUT2D eigenvalue weighted by molar-refractivity contribution is 0.179. The van der Waals surface area contributed by atoms with Gasteiger partial charge in [-0.25, -0.2) is 0 Å². The minimum Gasteiger partial charge on any atom is -0.383 e. The van der Waals surface area contributed by atoms with Crippen LogP contribution in [0.1, 0.15) is 26.7 Å². The highest BCUT2D eigenvalue weighted by molar-refractivity contribution is 8.13. The van der Waals surface area contributed by atoms with Crippen molar-refractivity contribution in [3.05, 3.63) is 0 Å². The SMILES string of the molecule is CCC1CCSC(NC(C)COC)=N1. The first kappa shape index (κ1) is 11.9. The van der Waals surface area contributed by atoms with Gasteiger partial charge < -0.3 is 10.1 Å². The quantitative estimate of drug-likeness (QED) is 0.779. The molecule has 0 aliphatic carbocycles. The second kappa shape index (κ2) is 6.30. The maximum Gasteiger partial charge on any atom is 0.157 e. The highest BCUT2D eigenvalue weighted by atomic mass is 32.2. The van der Waals surface area contributed by atoms with E-state index in [1.54, 1.807) is 7.11 Å². The van der Waals surface area contributed by atoms with Crippen LogP contribution in [0.2, 0.25) is 0 Å². The fraction of sp³-hybridized carbons (Fsp3) is 0.900. The van der Waals surface area contributed by atoms with Gasteiger partial charge in [-0.15, -0.1) is 0 Å². The predicted octanol–water partition coefficient (Wildman–Crippen LogP) is 1.88. The van der Waals surface area contributed by atoms with E-state index in [-0.39, 0.29) is 0 Å². The maximum atomic E-state index is 5.07. The molecule has 0 saturated heterocycles. The van der Waals surface area contributed by atoms with Crippen molar-refractivity contribution in [2.24, 2.45) is 4.99 Å². The van der Waals surface area contributed by atoms with Gasteiger partial charge in [-0.1, -0.05) is 18.7 Å². The van der Waals surface area contributed by atoms with E-state index in [1.807, 2.05) is 11.8 Å². The summed E-state index contributed by atoms with van der Waals surface area (Å²) in [5, 5.41) is 4.46. The number of nitrogens with one attached hydrogen (secondary N) is 1. The monoisotopic (exact) mass is 216 g/mol. The number of rotatable bonds is 4. The molecule has 0 saturated carbocycles. The summed E-state index contributed by atoms with van der Waals surface area (Å²) in [6, 6.07) is 0.871. The van der Waals surface area contributed by atoms with E-state index < -0.39 is 0 Å². The molecular weight excluding hydrogens is 196 g/mol. The van der Waals surface area contributed by atoms with E-state index in [0.717, 1.165) is 18.2 Å². The fourth-order valence-electron chi connectivity index (χ4n) is 1.44. The summed E-state index contributed by atoms with van der Waals surface area (Å²) in [7, 11) is 1.73. The van der Waals surface area contributed by atoms with E-state index in [9.17, 15) is 0 Å². The van der Waals surface area contributed by atoms with Crippen molar-refractivity contribution < 1.29 is 4.74 Å². The number of methoxy groups -OCH3 is 1. The highest BCUT2D eigenvalue weighted by Gasteiger charge is 2.15. The van der Waals surface area contributed by atoms with Crippen molar-refractivity contribution in [3.63, 3.8) is 0 Å². The number of hydrogen-bond acceptors (Lipinski definition) is 4. The van der Waals surface area contributed by atoms with Crippen LogP contribution in [0.3, 0.4) is 0 Å². The second-order valence-electron chi connectivity index (χ2n) is 3.63. The summed E-state index contributed by atoms with van der Waals surface area (Å²) in [6.07, 6.45) is 2.36. The van der Waals surface area contributed by atoms with Crippen LogP contribution in [0.25, 0.3) is 0 Å². The average molecular weight is 216 g/mol. The van der Waals surface area contributed by atoms with E-state index in [4.69, 9.17) is 4.74 Å². The van der Waals surface area contributed by atoms with Crippen LogP contribution in [0.4, 0.5) is 0 Å². The predicted molar refractivity (Wildman–Crippen MR) is 63.1 cm³/mol. The maximum absolute atomic E-state index is 5.07. The molecule has 0 aromatic rings. The average Bonchev–Trinajstić information content (AvgIpc) is 2.18. The van der Waals surface area contributed by atoms with Crippen molar-refractivity contribution in [2.75, 3.05) is 19.5 Å². The number of ether oxygens (including phenoxy) is 1. The molecule has 1 aliphatic rings. The van der Waals surface area contributed by atoms with Crippen molar-refractivity contribution in [1.29, 1.82) is 0 Å². The van der Waals surface area contributed by atoms with E-state index in [2.05, 4.69) is 24.2 Å². The van der Waals surface area contributed by atoms with Crippen LogP contribution in [0.15, 0.2) is 4.99 Å². The molecule has 4 heteroatoms. The summed E-state index contributed by atoms with van der Waals surface area (Å²) in [5.41, 5.74) is 0. The van der Waals surface area contributed by atoms with Crippen LogP contribution in [-0.4, -0.2) is 36.7 Å². The molecule has 1 rings (SSSR count). The molecule has 2 atom stereocenters. The van der Waals surface area contributed by atoms with E-state index in [0.29, 0.717) is 12.1 Å². The number of aliphatic imine (C=N–C) groups is 1. The Balaban J connectivity index is 2.38. The molecule has 0 aromatic heterocycles. The molecule has 2 unspecified atom stereocenters. The smallest absolute Gasteiger partial charge is 0.157 e. The highest BCUT2D eigenvalue weighted by Crippen LogP contribution is 2.18. The third kappa shape index (κ3) is 3.88.